The van der Waals surface area contributed by atoms with E-state index in [1.54, 1.807) is 0 Å². The molecular formula is C10H7N2O. The van der Waals surface area contributed by atoms with Crippen molar-refractivity contribution >= 4 is 0 Å². The number of nitrogens with zero attached hydrogens (tertiary/aromatic N) is 2. The monoisotopic (exact) mass is 171 g/mol. The minimum atomic E-state index is 0.477. The molecule has 0 unspecified atom stereocenters. The van der Waals surface area contributed by atoms with Crippen LogP contribution in [0.25, 0.3) is 0 Å². The Morgan fingerprint density at radius 2 is 2.00 bits per heavy atom. The topological polar surface area (TPSA) is 35.0 Å². The Hall–Kier alpha value is -1.90. The van der Waals surface area contributed by atoms with E-state index in [1.807, 2.05) is 30.3 Å². The molecule has 0 saturated carbocycles. The number of ether oxygens (including phenoxy) is 1. The number of benzene rings is 1. The summed E-state index contributed by atoms with van der Waals surface area (Å²) in [4.78, 5) is 7.70. The number of rotatable bonds is 2. The molecule has 3 heteroatoms. The molecule has 0 amide bonds. The largest absolute Gasteiger partial charge is 0.438 e. The second-order valence-electron chi connectivity index (χ2n) is 2.40. The van der Waals surface area contributed by atoms with Crippen LogP contribution in [0.2, 0.25) is 0 Å². The highest BCUT2D eigenvalue weighted by atomic mass is 16.5. The highest BCUT2D eigenvalue weighted by molar-refractivity contribution is 5.24. The zero-order chi connectivity index (χ0) is 8.93. The second-order valence-corrected chi connectivity index (χ2v) is 2.40. The van der Waals surface area contributed by atoms with Gasteiger partial charge in [0.2, 0.25) is 5.88 Å². The highest BCUT2D eigenvalue weighted by Gasteiger charge is 1.95. The molecule has 63 valence electrons. The van der Waals surface area contributed by atoms with Crippen LogP contribution in [-0.4, -0.2) is 9.97 Å². The first-order valence-corrected chi connectivity index (χ1v) is 3.86. The van der Waals surface area contributed by atoms with E-state index < -0.39 is 0 Å². The minimum absolute atomic E-state index is 0.477. The van der Waals surface area contributed by atoms with E-state index >= 15 is 0 Å². The van der Waals surface area contributed by atoms with Crippen molar-refractivity contribution in [1.82, 2.24) is 9.97 Å². The number of aromatic nitrogens is 2. The molecule has 2 rings (SSSR count). The fourth-order valence-corrected chi connectivity index (χ4v) is 0.914. The molecule has 0 N–H and O–H groups in total. The van der Waals surface area contributed by atoms with E-state index in [4.69, 9.17) is 4.74 Å². The van der Waals surface area contributed by atoms with Crippen LogP contribution in [0.1, 0.15) is 0 Å². The van der Waals surface area contributed by atoms with E-state index in [-0.39, 0.29) is 0 Å². The van der Waals surface area contributed by atoms with Crippen molar-refractivity contribution in [1.29, 1.82) is 0 Å². The van der Waals surface area contributed by atoms with Gasteiger partial charge in [-0.1, -0.05) is 18.2 Å². The molecule has 0 atom stereocenters. The summed E-state index contributed by atoms with van der Waals surface area (Å²) in [6.45, 7) is 0. The summed E-state index contributed by atoms with van der Waals surface area (Å²) in [6, 6.07) is 9.45. The van der Waals surface area contributed by atoms with Gasteiger partial charge in [0.1, 0.15) is 11.9 Å². The van der Waals surface area contributed by atoms with Crippen molar-refractivity contribution < 1.29 is 4.74 Å². The molecule has 0 aliphatic carbocycles. The SMILES string of the molecule is [c]1cnc(Oc2ccccc2)cn1. The van der Waals surface area contributed by atoms with Gasteiger partial charge in [0.25, 0.3) is 0 Å². The minimum Gasteiger partial charge on any atom is -0.438 e. The number of hydrogen-bond acceptors (Lipinski definition) is 3. The Kier molecular flexibility index (Phi) is 2.18. The third kappa shape index (κ3) is 2.02. The summed E-state index contributed by atoms with van der Waals surface area (Å²) in [5.41, 5.74) is 0. The number of hydrogen-bond donors (Lipinski definition) is 0. The molecule has 0 aliphatic rings. The van der Waals surface area contributed by atoms with Crippen LogP contribution in [0.4, 0.5) is 0 Å². The molecule has 1 aromatic carbocycles. The number of para-hydroxylation sites is 1. The fourth-order valence-electron chi connectivity index (χ4n) is 0.914. The standard InChI is InChI=1S/C10H7N2O/c1-2-4-9(5-3-1)13-10-8-11-6-7-12-10/h1-5,7-8H. The van der Waals surface area contributed by atoms with Crippen molar-refractivity contribution in [2.45, 2.75) is 0 Å². The molecule has 0 aliphatic heterocycles. The summed E-state index contributed by atoms with van der Waals surface area (Å²) in [5.74, 6) is 1.23. The fraction of sp³-hybridized carbons (Fsp3) is 0. The molecule has 3 nitrogen and oxygen atoms in total. The molecule has 2 aromatic rings. The van der Waals surface area contributed by atoms with Gasteiger partial charge >= 0.3 is 0 Å². The lowest BCUT2D eigenvalue weighted by molar-refractivity contribution is 0.460. The van der Waals surface area contributed by atoms with Gasteiger partial charge in [-0.25, -0.2) is 9.97 Å². The smallest absolute Gasteiger partial charge is 0.237 e. The molecule has 0 spiro atoms. The summed E-state index contributed by atoms with van der Waals surface area (Å²) < 4.78 is 5.38. The summed E-state index contributed by atoms with van der Waals surface area (Å²) in [6.07, 6.45) is 5.57. The summed E-state index contributed by atoms with van der Waals surface area (Å²) in [5, 5.41) is 0. The maximum Gasteiger partial charge on any atom is 0.237 e. The van der Waals surface area contributed by atoms with Gasteiger partial charge < -0.3 is 4.74 Å². The first kappa shape index (κ1) is 7.73. The van der Waals surface area contributed by atoms with Gasteiger partial charge in [0.05, 0.1) is 12.4 Å². The Morgan fingerprint density at radius 1 is 1.15 bits per heavy atom. The first-order valence-electron chi connectivity index (χ1n) is 3.86. The lowest BCUT2D eigenvalue weighted by Crippen LogP contribution is -1.87. The van der Waals surface area contributed by atoms with Crippen LogP contribution < -0.4 is 4.74 Å². The quantitative estimate of drug-likeness (QED) is 0.693. The average Bonchev–Trinajstić information content (AvgIpc) is 2.21. The van der Waals surface area contributed by atoms with Gasteiger partial charge in [-0.2, -0.15) is 0 Å². The molecule has 1 aromatic heterocycles. The molecule has 0 fully saturated rings. The average molecular weight is 171 g/mol. The Balaban J connectivity index is 2.16. The van der Waals surface area contributed by atoms with Gasteiger partial charge in [0, 0.05) is 0 Å². The van der Waals surface area contributed by atoms with Crippen LogP contribution in [0.15, 0.2) is 42.7 Å². The molecule has 1 heterocycles. The van der Waals surface area contributed by atoms with Crippen molar-refractivity contribution in [2.75, 3.05) is 0 Å². The molecule has 13 heavy (non-hydrogen) atoms. The summed E-state index contributed by atoms with van der Waals surface area (Å²) >= 11 is 0. The van der Waals surface area contributed by atoms with E-state index in [0.717, 1.165) is 5.75 Å². The Bertz CT molecular complexity index is 324. The molecular weight excluding hydrogens is 164 g/mol. The Labute approximate surface area is 76.0 Å². The highest BCUT2D eigenvalue weighted by Crippen LogP contribution is 2.16. The molecule has 0 bridgehead atoms. The van der Waals surface area contributed by atoms with Crippen LogP contribution in [0.3, 0.4) is 0 Å². The van der Waals surface area contributed by atoms with Gasteiger partial charge in [0.15, 0.2) is 0 Å². The maximum absolute atomic E-state index is 5.38. The normalized spacial score (nSPS) is 9.54. The van der Waals surface area contributed by atoms with E-state index in [2.05, 4.69) is 16.2 Å². The van der Waals surface area contributed by atoms with Gasteiger partial charge in [-0.05, 0) is 12.1 Å². The predicted octanol–water partition coefficient (Wildman–Crippen LogP) is 2.07. The van der Waals surface area contributed by atoms with E-state index in [1.165, 1.54) is 12.4 Å². The second kappa shape index (κ2) is 3.67. The molecule has 0 saturated heterocycles. The van der Waals surface area contributed by atoms with Gasteiger partial charge in [-0.3, -0.25) is 0 Å². The van der Waals surface area contributed by atoms with E-state index in [0.29, 0.717) is 5.88 Å². The zero-order valence-electron chi connectivity index (χ0n) is 6.84. The van der Waals surface area contributed by atoms with Crippen LogP contribution >= 0.6 is 0 Å². The first-order chi connectivity index (χ1) is 6.45. The zero-order valence-corrected chi connectivity index (χ0v) is 6.84. The Morgan fingerprint density at radius 3 is 2.69 bits per heavy atom. The lowest BCUT2D eigenvalue weighted by Gasteiger charge is -2.01. The maximum atomic E-state index is 5.38. The van der Waals surface area contributed by atoms with Crippen molar-refractivity contribution in [3.05, 3.63) is 48.9 Å². The lowest BCUT2D eigenvalue weighted by atomic mass is 10.3. The predicted molar refractivity (Wildman–Crippen MR) is 47.4 cm³/mol. The van der Waals surface area contributed by atoms with Crippen LogP contribution in [0.5, 0.6) is 11.6 Å². The van der Waals surface area contributed by atoms with Crippen LogP contribution in [0, 0.1) is 6.20 Å². The van der Waals surface area contributed by atoms with Crippen LogP contribution in [-0.2, 0) is 0 Å². The molecule has 1 radical (unpaired) electrons. The third-order valence-corrected chi connectivity index (χ3v) is 1.46. The third-order valence-electron chi connectivity index (χ3n) is 1.46. The van der Waals surface area contributed by atoms with Crippen molar-refractivity contribution in [3.8, 4) is 11.6 Å². The van der Waals surface area contributed by atoms with E-state index in [9.17, 15) is 0 Å². The van der Waals surface area contributed by atoms with Crippen molar-refractivity contribution in [3.63, 3.8) is 0 Å². The van der Waals surface area contributed by atoms with Crippen molar-refractivity contribution in [2.24, 2.45) is 0 Å². The van der Waals surface area contributed by atoms with Gasteiger partial charge in [-0.15, -0.1) is 0 Å². The summed E-state index contributed by atoms with van der Waals surface area (Å²) in [7, 11) is 0.